The van der Waals surface area contributed by atoms with Crippen molar-refractivity contribution in [2.24, 2.45) is 0 Å². The zero-order chi connectivity index (χ0) is 20.4. The molecule has 4 rings (SSSR count). The van der Waals surface area contributed by atoms with Gasteiger partial charge in [0.25, 0.3) is 5.91 Å². The number of nitrogens with zero attached hydrogens (tertiary/aromatic N) is 1. The lowest BCUT2D eigenvalue weighted by molar-refractivity contribution is 0.0765. The van der Waals surface area contributed by atoms with E-state index in [1.165, 1.54) is 0 Å². The fraction of sp³-hybridized carbons (Fsp3) is 0.208. The molecule has 1 amide bonds. The molecule has 3 aromatic carbocycles. The predicted molar refractivity (Wildman–Crippen MR) is 112 cm³/mol. The van der Waals surface area contributed by atoms with E-state index in [-0.39, 0.29) is 5.91 Å². The van der Waals surface area contributed by atoms with Crippen LogP contribution in [-0.4, -0.2) is 32.1 Å². The lowest BCUT2D eigenvalue weighted by Gasteiger charge is -2.18. The molecule has 0 unspecified atom stereocenters. The van der Waals surface area contributed by atoms with Crippen molar-refractivity contribution in [2.75, 3.05) is 21.3 Å². The van der Waals surface area contributed by atoms with Gasteiger partial charge >= 0.3 is 0 Å². The van der Waals surface area contributed by atoms with E-state index >= 15 is 0 Å². The summed E-state index contributed by atoms with van der Waals surface area (Å²) in [5.41, 5.74) is 4.66. The van der Waals surface area contributed by atoms with E-state index in [2.05, 4.69) is 0 Å². The fourth-order valence-electron chi connectivity index (χ4n) is 3.83. The molecule has 1 aliphatic rings. The largest absolute Gasteiger partial charge is 0.497 e. The maximum Gasteiger partial charge on any atom is 0.254 e. The Hall–Kier alpha value is -3.47. The number of carbonyl (C=O) groups is 1. The highest BCUT2D eigenvalue weighted by molar-refractivity contribution is 6.01. The third-order valence-electron chi connectivity index (χ3n) is 5.28. The van der Waals surface area contributed by atoms with Gasteiger partial charge in [-0.3, -0.25) is 4.79 Å². The summed E-state index contributed by atoms with van der Waals surface area (Å²) in [6.07, 6.45) is 0. The molecule has 0 bridgehead atoms. The van der Waals surface area contributed by atoms with Gasteiger partial charge in [-0.25, -0.2) is 0 Å². The second-order valence-corrected chi connectivity index (χ2v) is 6.87. The van der Waals surface area contributed by atoms with Crippen molar-refractivity contribution in [3.8, 4) is 28.4 Å². The van der Waals surface area contributed by atoms with Crippen LogP contribution in [0.15, 0.2) is 60.7 Å². The molecular formula is C24H23NO4. The van der Waals surface area contributed by atoms with Crippen molar-refractivity contribution >= 4 is 5.91 Å². The molecule has 0 saturated carbocycles. The molecule has 29 heavy (non-hydrogen) atoms. The highest BCUT2D eigenvalue weighted by atomic mass is 16.5. The van der Waals surface area contributed by atoms with Crippen LogP contribution in [0.25, 0.3) is 11.1 Å². The molecule has 0 fully saturated rings. The number of benzene rings is 3. The third-order valence-corrected chi connectivity index (χ3v) is 5.28. The summed E-state index contributed by atoms with van der Waals surface area (Å²) in [6, 6.07) is 19.4. The number of carbonyl (C=O) groups excluding carboxylic acids is 1. The maximum atomic E-state index is 13.1. The number of fused-ring (bicyclic) bond motifs is 1. The average molecular weight is 389 g/mol. The van der Waals surface area contributed by atoms with E-state index in [0.717, 1.165) is 39.3 Å². The molecule has 5 heteroatoms. The molecule has 0 atom stereocenters. The molecule has 148 valence electrons. The first-order valence-electron chi connectivity index (χ1n) is 9.41. The standard InChI is InChI=1S/C24H23NO4/c1-27-18-10-9-17(22(13-18)29-3)14-25-15-20-19(24(25)26)11-12-21(28-2)23(20)16-7-5-4-6-8-16/h4-13H,14-15H2,1-3H3. The second-order valence-electron chi connectivity index (χ2n) is 6.87. The Bertz CT molecular complexity index is 1050. The lowest BCUT2D eigenvalue weighted by Crippen LogP contribution is -2.23. The number of rotatable bonds is 6. The Balaban J connectivity index is 1.71. The van der Waals surface area contributed by atoms with Crippen LogP contribution in [-0.2, 0) is 13.1 Å². The summed E-state index contributed by atoms with van der Waals surface area (Å²) < 4.78 is 16.4. The van der Waals surface area contributed by atoms with Crippen LogP contribution < -0.4 is 14.2 Å². The van der Waals surface area contributed by atoms with Crippen molar-refractivity contribution in [2.45, 2.75) is 13.1 Å². The topological polar surface area (TPSA) is 48.0 Å². The number of ether oxygens (including phenoxy) is 3. The molecule has 3 aromatic rings. The molecule has 0 aromatic heterocycles. The first kappa shape index (κ1) is 18.9. The van der Waals surface area contributed by atoms with Crippen LogP contribution in [0, 0.1) is 0 Å². The van der Waals surface area contributed by atoms with Crippen molar-refractivity contribution in [3.63, 3.8) is 0 Å². The van der Waals surface area contributed by atoms with E-state index in [0.29, 0.717) is 18.8 Å². The minimum atomic E-state index is 0.0118. The van der Waals surface area contributed by atoms with E-state index in [1.807, 2.05) is 65.6 Å². The Labute approximate surface area is 170 Å². The normalized spacial score (nSPS) is 12.7. The van der Waals surface area contributed by atoms with Gasteiger partial charge in [-0.1, -0.05) is 30.3 Å². The Morgan fingerprint density at radius 1 is 0.862 bits per heavy atom. The van der Waals surface area contributed by atoms with Crippen molar-refractivity contribution < 1.29 is 19.0 Å². The highest BCUT2D eigenvalue weighted by Crippen LogP contribution is 2.40. The number of hydrogen-bond acceptors (Lipinski definition) is 4. The fourth-order valence-corrected chi connectivity index (χ4v) is 3.83. The first-order valence-corrected chi connectivity index (χ1v) is 9.41. The van der Waals surface area contributed by atoms with Gasteiger partial charge in [0.2, 0.25) is 0 Å². The van der Waals surface area contributed by atoms with E-state index in [1.54, 1.807) is 21.3 Å². The summed E-state index contributed by atoms with van der Waals surface area (Å²) in [5.74, 6) is 2.20. The summed E-state index contributed by atoms with van der Waals surface area (Å²) in [6.45, 7) is 0.974. The molecular weight excluding hydrogens is 366 g/mol. The SMILES string of the molecule is COc1ccc(CN2Cc3c(ccc(OC)c3-c3ccccc3)C2=O)c(OC)c1. The van der Waals surface area contributed by atoms with Crippen LogP contribution in [0.2, 0.25) is 0 Å². The van der Waals surface area contributed by atoms with Gasteiger partial charge in [0.15, 0.2) is 0 Å². The zero-order valence-corrected chi connectivity index (χ0v) is 16.8. The number of methoxy groups -OCH3 is 3. The molecule has 0 N–H and O–H groups in total. The van der Waals surface area contributed by atoms with Crippen LogP contribution in [0.5, 0.6) is 17.2 Å². The Kier molecular flexibility index (Phi) is 5.12. The van der Waals surface area contributed by atoms with Gasteiger partial charge in [0, 0.05) is 35.8 Å². The van der Waals surface area contributed by atoms with Crippen LogP contribution in [0.3, 0.4) is 0 Å². The molecule has 0 radical (unpaired) electrons. The van der Waals surface area contributed by atoms with Crippen LogP contribution >= 0.6 is 0 Å². The van der Waals surface area contributed by atoms with Gasteiger partial charge in [-0.05, 0) is 35.4 Å². The lowest BCUT2D eigenvalue weighted by atomic mass is 9.96. The van der Waals surface area contributed by atoms with Crippen molar-refractivity contribution in [3.05, 3.63) is 77.4 Å². The molecule has 1 aliphatic heterocycles. The third kappa shape index (κ3) is 3.40. The van der Waals surface area contributed by atoms with Gasteiger partial charge in [-0.2, -0.15) is 0 Å². The van der Waals surface area contributed by atoms with E-state index in [9.17, 15) is 4.79 Å². The van der Waals surface area contributed by atoms with Crippen LogP contribution in [0.4, 0.5) is 0 Å². The first-order chi connectivity index (χ1) is 14.2. The molecule has 0 saturated heterocycles. The van der Waals surface area contributed by atoms with Crippen LogP contribution in [0.1, 0.15) is 21.5 Å². The summed E-state index contributed by atoms with van der Waals surface area (Å²) in [5, 5.41) is 0. The van der Waals surface area contributed by atoms with Crippen molar-refractivity contribution in [1.82, 2.24) is 4.90 Å². The molecule has 1 heterocycles. The molecule has 0 aliphatic carbocycles. The summed E-state index contributed by atoms with van der Waals surface area (Å²) >= 11 is 0. The zero-order valence-electron chi connectivity index (χ0n) is 16.8. The predicted octanol–water partition coefficient (Wildman–Crippen LogP) is 4.54. The van der Waals surface area contributed by atoms with E-state index < -0.39 is 0 Å². The highest BCUT2D eigenvalue weighted by Gasteiger charge is 2.31. The monoisotopic (exact) mass is 389 g/mol. The van der Waals surface area contributed by atoms with E-state index in [4.69, 9.17) is 14.2 Å². The van der Waals surface area contributed by atoms with Gasteiger partial charge in [0.1, 0.15) is 17.2 Å². The van der Waals surface area contributed by atoms with Gasteiger partial charge in [0.05, 0.1) is 21.3 Å². The smallest absolute Gasteiger partial charge is 0.254 e. The number of amides is 1. The average Bonchev–Trinajstić information content (AvgIpc) is 3.09. The quantitative estimate of drug-likeness (QED) is 0.621. The Morgan fingerprint density at radius 3 is 2.31 bits per heavy atom. The molecule has 0 spiro atoms. The molecule has 5 nitrogen and oxygen atoms in total. The minimum absolute atomic E-state index is 0.0118. The second kappa shape index (κ2) is 7.87. The van der Waals surface area contributed by atoms with Gasteiger partial charge < -0.3 is 19.1 Å². The summed E-state index contributed by atoms with van der Waals surface area (Å²) in [7, 11) is 4.90. The maximum absolute atomic E-state index is 13.1. The number of hydrogen-bond donors (Lipinski definition) is 0. The minimum Gasteiger partial charge on any atom is -0.497 e. The van der Waals surface area contributed by atoms with Crippen molar-refractivity contribution in [1.29, 1.82) is 0 Å². The van der Waals surface area contributed by atoms with Gasteiger partial charge in [-0.15, -0.1) is 0 Å². The Morgan fingerprint density at radius 2 is 1.62 bits per heavy atom. The summed E-state index contributed by atoms with van der Waals surface area (Å²) in [4.78, 5) is 15.0.